The number of benzene rings is 7. The van der Waals surface area contributed by atoms with Crippen molar-refractivity contribution >= 4 is 71.7 Å². The van der Waals surface area contributed by atoms with Crippen LogP contribution < -0.4 is 0 Å². The molecule has 7 aromatic carbocycles. The van der Waals surface area contributed by atoms with Crippen molar-refractivity contribution in [1.29, 1.82) is 0 Å². The van der Waals surface area contributed by atoms with E-state index in [1.54, 1.807) is 0 Å². The zero-order valence-electron chi connectivity index (χ0n) is 31.1. The van der Waals surface area contributed by atoms with Crippen molar-refractivity contribution in [3.63, 3.8) is 0 Å². The number of pyridine rings is 1. The third kappa shape index (κ3) is 4.42. The molecule has 0 N–H and O–H groups in total. The van der Waals surface area contributed by atoms with Crippen LogP contribution in [0.1, 0.15) is 28.7 Å². The number of hydrogen-bond acceptors (Lipinski definition) is 5. The summed E-state index contributed by atoms with van der Waals surface area (Å²) in [5.74, 6) is 1.36. The molecule has 1 aliphatic carbocycles. The summed E-state index contributed by atoms with van der Waals surface area (Å²) in [4.78, 5) is 21.7. The van der Waals surface area contributed by atoms with Crippen molar-refractivity contribution in [3.05, 3.63) is 198 Å². The Morgan fingerprint density at radius 2 is 1.24 bits per heavy atom. The summed E-state index contributed by atoms with van der Waals surface area (Å²) in [6.07, 6.45) is 0.731. The van der Waals surface area contributed by atoms with Crippen LogP contribution in [0.4, 0.5) is 0 Å². The third-order valence-corrected chi connectivity index (χ3v) is 12.1. The van der Waals surface area contributed by atoms with Gasteiger partial charge < -0.3 is 8.82 Å². The van der Waals surface area contributed by atoms with Gasteiger partial charge in [-0.3, -0.25) is 0 Å². The molecule has 58 heavy (non-hydrogen) atoms. The number of fused-ring (bicyclic) bond motifs is 14. The topological polar surface area (TPSA) is 68.0 Å². The number of nitrogens with zero attached hydrogens (tertiary/aromatic N) is 5. The van der Waals surface area contributed by atoms with Crippen molar-refractivity contribution in [3.8, 4) is 22.6 Å². The van der Waals surface area contributed by atoms with Crippen LogP contribution in [0.15, 0.2) is 190 Å². The van der Waals surface area contributed by atoms with Gasteiger partial charge in [-0.15, -0.1) is 0 Å². The molecule has 1 spiro atoms. The molecular formula is C52H31N5O. The van der Waals surface area contributed by atoms with E-state index in [1.807, 2.05) is 30.3 Å². The summed E-state index contributed by atoms with van der Waals surface area (Å²) >= 11 is 0. The standard InChI is InChI=1S/C52H31N5O/c1-3-14-31(15-4-1)40-30-52(38-21-9-10-22-39(38)52)56-51(53-40)36-20-13-25-45-46(36)37-28-34(26-27-44(37)58-45)50-54-48(32-16-5-2-6-17-32)47-35-19-8-12-24-42(35)57-41-23-11-7-18-33(41)29-43(57)49(47)55-50/h1-29H,30H2. The average molecular weight is 742 g/mol. The van der Waals surface area contributed by atoms with E-state index in [9.17, 15) is 0 Å². The highest BCUT2D eigenvalue weighted by Gasteiger charge is 2.52. The molecule has 0 fully saturated rings. The molecule has 11 aromatic rings. The zero-order chi connectivity index (χ0) is 38.0. The van der Waals surface area contributed by atoms with Crippen LogP contribution >= 0.6 is 0 Å². The monoisotopic (exact) mass is 741 g/mol. The van der Waals surface area contributed by atoms with Gasteiger partial charge in [-0.2, -0.15) is 0 Å². The average Bonchev–Trinajstić information content (AvgIpc) is 3.54. The van der Waals surface area contributed by atoms with Crippen LogP contribution in [0.5, 0.6) is 0 Å². The highest BCUT2D eigenvalue weighted by atomic mass is 16.3. The quantitative estimate of drug-likeness (QED) is 0.169. The lowest BCUT2D eigenvalue weighted by Gasteiger charge is -2.21. The van der Waals surface area contributed by atoms with Crippen molar-refractivity contribution in [1.82, 2.24) is 14.4 Å². The lowest BCUT2D eigenvalue weighted by Crippen LogP contribution is -2.22. The fraction of sp³-hybridized carbons (Fsp3) is 0.0385. The lowest BCUT2D eigenvalue weighted by atomic mass is 9.95. The van der Waals surface area contributed by atoms with Crippen molar-refractivity contribution < 1.29 is 4.42 Å². The number of aromatic nitrogens is 3. The van der Waals surface area contributed by atoms with Crippen molar-refractivity contribution in [2.24, 2.45) is 9.98 Å². The largest absolute Gasteiger partial charge is 0.456 e. The van der Waals surface area contributed by atoms with Crippen LogP contribution in [0.2, 0.25) is 0 Å². The van der Waals surface area contributed by atoms with Gasteiger partial charge in [0.1, 0.15) is 16.7 Å². The van der Waals surface area contributed by atoms with E-state index in [0.29, 0.717) is 11.7 Å². The first-order valence-corrected chi connectivity index (χ1v) is 19.7. The third-order valence-electron chi connectivity index (χ3n) is 12.1. The molecule has 0 bridgehead atoms. The van der Waals surface area contributed by atoms with Gasteiger partial charge >= 0.3 is 0 Å². The number of aliphatic imine (C=N–C) groups is 2. The summed E-state index contributed by atoms with van der Waals surface area (Å²) in [5, 5.41) is 5.26. The SMILES string of the molecule is c1ccc(C2=NC(c3cccc4oc5ccc(-c6nc(-c7ccccc7)c7c8ccccc8n8c9ccccc9cc8c7n6)cc5c34)=NC3(C2)c2ccccc23)cc1. The Hall–Kier alpha value is -7.70. The van der Waals surface area contributed by atoms with Crippen molar-refractivity contribution in [2.75, 3.05) is 0 Å². The molecule has 0 saturated heterocycles. The fourth-order valence-electron chi connectivity index (χ4n) is 9.45. The minimum absolute atomic E-state index is 0.412. The second-order valence-corrected chi connectivity index (χ2v) is 15.4. The Labute approximate surface area is 332 Å². The van der Waals surface area contributed by atoms with E-state index in [1.165, 1.54) is 16.5 Å². The summed E-state index contributed by atoms with van der Waals surface area (Å²) in [7, 11) is 0. The highest BCUT2D eigenvalue weighted by Crippen LogP contribution is 2.56. The molecule has 0 unspecified atom stereocenters. The maximum absolute atomic E-state index is 6.57. The maximum atomic E-state index is 6.57. The molecule has 1 aliphatic heterocycles. The van der Waals surface area contributed by atoms with E-state index in [4.69, 9.17) is 24.4 Å². The molecule has 5 heterocycles. The number of hydrogen-bond donors (Lipinski definition) is 0. The van der Waals surface area contributed by atoms with E-state index < -0.39 is 5.54 Å². The lowest BCUT2D eigenvalue weighted by molar-refractivity contribution is 0.668. The molecule has 270 valence electrons. The van der Waals surface area contributed by atoms with E-state index in [0.717, 1.165) is 94.9 Å². The molecule has 0 radical (unpaired) electrons. The minimum atomic E-state index is -0.412. The van der Waals surface area contributed by atoms with E-state index in [2.05, 4.69) is 150 Å². The van der Waals surface area contributed by atoms with Crippen LogP contribution in [-0.4, -0.2) is 25.9 Å². The van der Waals surface area contributed by atoms with Gasteiger partial charge in [0.05, 0.1) is 33.5 Å². The van der Waals surface area contributed by atoms with Crippen LogP contribution in [0.3, 0.4) is 0 Å². The van der Waals surface area contributed by atoms with Crippen LogP contribution in [0.25, 0.3) is 82.8 Å². The van der Waals surface area contributed by atoms with Gasteiger partial charge in [0.25, 0.3) is 0 Å². The first-order chi connectivity index (χ1) is 28.7. The molecule has 6 heteroatoms. The van der Waals surface area contributed by atoms with Gasteiger partial charge in [-0.25, -0.2) is 20.0 Å². The molecule has 13 rings (SSSR count). The molecule has 0 amide bonds. The summed E-state index contributed by atoms with van der Waals surface area (Å²) in [6.45, 7) is 0. The molecule has 2 aliphatic rings. The van der Waals surface area contributed by atoms with Crippen molar-refractivity contribution in [2.45, 2.75) is 12.0 Å². The molecule has 4 aromatic heterocycles. The Morgan fingerprint density at radius 3 is 2.07 bits per heavy atom. The Bertz CT molecular complexity index is 3570. The fourth-order valence-corrected chi connectivity index (χ4v) is 9.45. The van der Waals surface area contributed by atoms with E-state index >= 15 is 0 Å². The Morgan fingerprint density at radius 1 is 0.517 bits per heavy atom. The Kier molecular flexibility index (Phi) is 6.33. The summed E-state index contributed by atoms with van der Waals surface area (Å²) in [5.41, 5.74) is 13.8. The van der Waals surface area contributed by atoms with E-state index in [-0.39, 0.29) is 0 Å². The number of furan rings is 1. The smallest absolute Gasteiger partial charge is 0.160 e. The minimum Gasteiger partial charge on any atom is -0.456 e. The molecule has 0 saturated carbocycles. The Balaban J connectivity index is 1.07. The second kappa shape index (κ2) is 11.7. The van der Waals surface area contributed by atoms with Gasteiger partial charge in [-0.1, -0.05) is 133 Å². The number of rotatable bonds is 4. The predicted molar refractivity (Wildman–Crippen MR) is 235 cm³/mol. The zero-order valence-corrected chi connectivity index (χ0v) is 31.1. The molecule has 6 nitrogen and oxygen atoms in total. The van der Waals surface area contributed by atoms with Gasteiger partial charge in [0, 0.05) is 50.0 Å². The maximum Gasteiger partial charge on any atom is 0.160 e. The number of amidine groups is 1. The number of para-hydroxylation sites is 2. The van der Waals surface area contributed by atoms with Gasteiger partial charge in [0.2, 0.25) is 0 Å². The normalized spacial score (nSPS) is 14.5. The summed E-state index contributed by atoms with van der Waals surface area (Å²) < 4.78 is 8.92. The first kappa shape index (κ1) is 31.5. The highest BCUT2D eigenvalue weighted by molar-refractivity contribution is 6.23. The van der Waals surface area contributed by atoms with Crippen LogP contribution in [0, 0.1) is 0 Å². The van der Waals surface area contributed by atoms with Gasteiger partial charge in [0.15, 0.2) is 11.7 Å². The summed E-state index contributed by atoms with van der Waals surface area (Å²) in [6, 6.07) is 61.5. The molecular weight excluding hydrogens is 711 g/mol. The first-order valence-electron chi connectivity index (χ1n) is 19.7. The second-order valence-electron chi connectivity index (χ2n) is 15.4. The molecule has 0 atom stereocenters. The predicted octanol–water partition coefficient (Wildman–Crippen LogP) is 12.3. The van der Waals surface area contributed by atoms with Crippen LogP contribution in [-0.2, 0) is 5.54 Å². The van der Waals surface area contributed by atoms with Gasteiger partial charge in [-0.05, 0) is 59.2 Å².